The minimum atomic E-state index is -0.0450. The van der Waals surface area contributed by atoms with Gasteiger partial charge in [-0.3, -0.25) is 0 Å². The van der Waals surface area contributed by atoms with Gasteiger partial charge in [0.1, 0.15) is 11.1 Å². The van der Waals surface area contributed by atoms with Gasteiger partial charge in [0.2, 0.25) is 0 Å². The normalized spacial score (nSPS) is 19.4. The van der Waals surface area contributed by atoms with Gasteiger partial charge in [0, 0.05) is 33.5 Å². The van der Waals surface area contributed by atoms with E-state index in [9.17, 15) is 0 Å². The molecule has 0 fully saturated rings. The summed E-state index contributed by atoms with van der Waals surface area (Å²) in [6.45, 7) is 29.1. The van der Waals surface area contributed by atoms with Gasteiger partial charge >= 0.3 is 0 Å². The van der Waals surface area contributed by atoms with Gasteiger partial charge in [0.25, 0.3) is 6.71 Å². The van der Waals surface area contributed by atoms with Gasteiger partial charge in [-0.25, -0.2) is 0 Å². The third-order valence-corrected chi connectivity index (χ3v) is 15.3. The van der Waals surface area contributed by atoms with Crippen molar-refractivity contribution in [3.05, 3.63) is 112 Å². The van der Waals surface area contributed by atoms with Gasteiger partial charge in [-0.1, -0.05) is 106 Å². The molecule has 0 saturated carbocycles. The van der Waals surface area contributed by atoms with Gasteiger partial charge in [-0.15, -0.1) is 0 Å². The topological polar surface area (TPSA) is 21.3 Å². The molecule has 0 spiro atoms. The van der Waals surface area contributed by atoms with E-state index in [1.807, 2.05) is 0 Å². The number of aryl methyl sites for hydroxylation is 1. The molecule has 0 bridgehead atoms. The first-order chi connectivity index (χ1) is 26.8. The summed E-state index contributed by atoms with van der Waals surface area (Å²) in [5, 5.41) is 2.39. The van der Waals surface area contributed by atoms with Gasteiger partial charge in [-0.05, 0) is 158 Å². The Morgan fingerprint density at radius 3 is 1.88 bits per heavy atom. The van der Waals surface area contributed by atoms with Crippen LogP contribution in [0.25, 0.3) is 38.7 Å². The quantitative estimate of drug-likeness (QED) is 0.156. The minimum Gasteiger partial charge on any atom is -0.454 e. The number of hydrogen-bond acceptors (Lipinski definition) is 2. The zero-order valence-corrected chi connectivity index (χ0v) is 36.2. The van der Waals surface area contributed by atoms with Crippen LogP contribution in [0.2, 0.25) is 0 Å². The number of aromatic nitrogens is 1. The van der Waals surface area contributed by atoms with E-state index < -0.39 is 0 Å². The predicted octanol–water partition coefficient (Wildman–Crippen LogP) is 12.4. The van der Waals surface area contributed by atoms with Crippen LogP contribution in [0.4, 0.5) is 17.1 Å². The summed E-state index contributed by atoms with van der Waals surface area (Å²) in [5.41, 5.74) is 22.9. The van der Waals surface area contributed by atoms with Gasteiger partial charge in [-0.2, -0.15) is 0 Å². The highest BCUT2D eigenvalue weighted by atomic mass is 16.3. The van der Waals surface area contributed by atoms with E-state index in [1.165, 1.54) is 120 Å². The van der Waals surface area contributed by atoms with Crippen molar-refractivity contribution in [3.8, 4) is 5.69 Å². The molecule has 4 heterocycles. The molecule has 57 heavy (non-hydrogen) atoms. The summed E-state index contributed by atoms with van der Waals surface area (Å²) in [4.78, 5) is 2.68. The lowest BCUT2D eigenvalue weighted by Gasteiger charge is -2.47. The molecule has 2 aliphatic heterocycles. The summed E-state index contributed by atoms with van der Waals surface area (Å²) < 4.78 is 9.49. The molecule has 0 unspecified atom stereocenters. The summed E-state index contributed by atoms with van der Waals surface area (Å²) in [6.07, 6.45) is 4.78. The van der Waals surface area contributed by atoms with E-state index in [0.29, 0.717) is 0 Å². The molecule has 4 heteroatoms. The Labute approximate surface area is 339 Å². The Morgan fingerprint density at radius 1 is 0.579 bits per heavy atom. The van der Waals surface area contributed by atoms with E-state index in [2.05, 4.69) is 171 Å². The zero-order valence-electron chi connectivity index (χ0n) is 36.2. The van der Waals surface area contributed by atoms with Gasteiger partial charge in [0.05, 0.1) is 5.52 Å². The number of para-hydroxylation sites is 1. The monoisotopic (exact) mass is 748 g/mol. The van der Waals surface area contributed by atoms with Gasteiger partial charge < -0.3 is 13.9 Å². The molecule has 0 N–H and O–H groups in total. The number of fused-ring (bicyclic) bond motifs is 11. The van der Waals surface area contributed by atoms with E-state index >= 15 is 0 Å². The molecule has 2 aromatic heterocycles. The molecular weight excluding hydrogens is 691 g/mol. The third kappa shape index (κ3) is 4.68. The second-order valence-electron chi connectivity index (χ2n) is 22.0. The lowest BCUT2D eigenvalue weighted by molar-refractivity contribution is 0.332. The fraction of sp³-hybridized carbons (Fsp3) is 0.396. The van der Waals surface area contributed by atoms with E-state index in [1.54, 1.807) is 0 Å². The summed E-state index contributed by atoms with van der Waals surface area (Å²) in [5.74, 6) is 0. The average Bonchev–Trinajstić information content (AvgIpc) is 3.68. The van der Waals surface area contributed by atoms with E-state index in [0.717, 1.165) is 11.2 Å². The lowest BCUT2D eigenvalue weighted by Crippen LogP contribution is -2.61. The van der Waals surface area contributed by atoms with Crippen LogP contribution < -0.4 is 21.3 Å². The molecule has 0 radical (unpaired) electrons. The number of anilines is 3. The molecule has 0 saturated heterocycles. The fourth-order valence-electron chi connectivity index (χ4n) is 11.6. The highest BCUT2D eigenvalue weighted by Crippen LogP contribution is 2.52. The Balaban J connectivity index is 1.32. The maximum Gasteiger partial charge on any atom is 0.252 e. The standard InChI is InChI=1S/C53H57BN2O/c1-30-23-42-45-43(24-30)56-46-34(48-47(56)33-15-13-14-16-44(33)57-48)25-31(49(2,3)4)26-40(46)54(45)39-28-37-38(53(11,12)22-21-52(37,9)10)29-41(39)55(42)32-17-18-35-36(27-32)51(7,8)20-19-50(35,5)6/h13-18,23-29H,19-22H2,1-12H3. The molecule has 7 aromatic rings. The van der Waals surface area contributed by atoms with Crippen molar-refractivity contribution in [3.63, 3.8) is 0 Å². The summed E-state index contributed by atoms with van der Waals surface area (Å²) >= 11 is 0. The first-order valence-electron chi connectivity index (χ1n) is 21.6. The SMILES string of the molecule is Cc1cc2c3c(c1)-n1c4c(cc(C(C)(C)C)cc4c4oc5ccccc5c41)B3c1cc3c(cc1N2c1ccc2c(c1)C(C)(C)CCC2(C)C)C(C)(C)CCC3(C)C. The molecule has 0 atom stereocenters. The van der Waals surface area contributed by atoms with E-state index in [4.69, 9.17) is 4.42 Å². The van der Waals surface area contributed by atoms with Crippen LogP contribution >= 0.6 is 0 Å². The first kappa shape index (κ1) is 35.5. The van der Waals surface area contributed by atoms with Crippen molar-refractivity contribution in [1.29, 1.82) is 0 Å². The summed E-state index contributed by atoms with van der Waals surface area (Å²) in [6, 6.07) is 31.4. The number of hydrogen-bond donors (Lipinski definition) is 0. The molecule has 5 aromatic carbocycles. The predicted molar refractivity (Wildman–Crippen MR) is 244 cm³/mol. The van der Waals surface area contributed by atoms with Crippen molar-refractivity contribution >= 4 is 73.1 Å². The van der Waals surface area contributed by atoms with Crippen LogP contribution in [-0.2, 0) is 27.1 Å². The van der Waals surface area contributed by atoms with E-state index in [-0.39, 0.29) is 33.8 Å². The smallest absolute Gasteiger partial charge is 0.252 e. The molecule has 3 nitrogen and oxygen atoms in total. The van der Waals surface area contributed by atoms with Crippen molar-refractivity contribution in [1.82, 2.24) is 4.57 Å². The first-order valence-corrected chi connectivity index (χ1v) is 21.6. The molecule has 288 valence electrons. The Hall–Kier alpha value is -4.70. The van der Waals surface area contributed by atoms with Crippen LogP contribution in [0.3, 0.4) is 0 Å². The maximum absolute atomic E-state index is 6.90. The minimum absolute atomic E-state index is 0.0450. The van der Waals surface area contributed by atoms with Gasteiger partial charge in [0.15, 0.2) is 5.58 Å². The van der Waals surface area contributed by atoms with Crippen LogP contribution in [0.15, 0.2) is 83.3 Å². The van der Waals surface area contributed by atoms with Crippen LogP contribution in [-0.4, -0.2) is 11.3 Å². The van der Waals surface area contributed by atoms with Crippen LogP contribution in [0.5, 0.6) is 0 Å². The highest BCUT2D eigenvalue weighted by Gasteiger charge is 2.47. The van der Waals surface area contributed by atoms with Crippen molar-refractivity contribution < 1.29 is 4.42 Å². The van der Waals surface area contributed by atoms with Crippen molar-refractivity contribution in [2.24, 2.45) is 0 Å². The second-order valence-corrected chi connectivity index (χ2v) is 22.0. The Bertz CT molecular complexity index is 2920. The van der Waals surface area contributed by atoms with Crippen molar-refractivity contribution in [2.75, 3.05) is 4.90 Å². The van der Waals surface area contributed by atoms with Crippen LogP contribution in [0.1, 0.15) is 135 Å². The second kappa shape index (κ2) is 10.9. The largest absolute Gasteiger partial charge is 0.454 e. The van der Waals surface area contributed by atoms with Crippen LogP contribution in [0, 0.1) is 6.92 Å². The Morgan fingerprint density at radius 2 is 1.19 bits per heavy atom. The number of nitrogens with zero attached hydrogens (tertiary/aromatic N) is 2. The fourth-order valence-corrected chi connectivity index (χ4v) is 11.6. The zero-order chi connectivity index (χ0) is 39.9. The van der Waals surface area contributed by atoms with Crippen molar-refractivity contribution in [2.45, 2.75) is 136 Å². The molecule has 0 amide bonds. The number of rotatable bonds is 1. The molecule has 4 aliphatic rings. The lowest BCUT2D eigenvalue weighted by atomic mass is 9.33. The summed E-state index contributed by atoms with van der Waals surface area (Å²) in [7, 11) is 0. The number of furan rings is 1. The molecule has 2 aliphatic carbocycles. The maximum atomic E-state index is 6.90. The average molecular weight is 749 g/mol. The molecule has 11 rings (SSSR count). The molecular formula is C53H57BN2O. The third-order valence-electron chi connectivity index (χ3n) is 15.3. The number of benzene rings is 5. The highest BCUT2D eigenvalue weighted by molar-refractivity contribution is 7.00. The Kier molecular flexibility index (Phi) is 6.76.